The van der Waals surface area contributed by atoms with Crippen LogP contribution in [0.5, 0.6) is 0 Å². The Morgan fingerprint density at radius 1 is 1.40 bits per heavy atom. The smallest absolute Gasteiger partial charge is 0.272 e. The fraction of sp³-hybridized carbons (Fsp3) is 0.214. The van der Waals surface area contributed by atoms with Crippen LogP contribution in [0.25, 0.3) is 0 Å². The van der Waals surface area contributed by atoms with Gasteiger partial charge in [0.15, 0.2) is 0 Å². The van der Waals surface area contributed by atoms with E-state index in [1.807, 2.05) is 13.8 Å². The molecule has 0 aliphatic rings. The number of aromatic nitrogens is 1. The number of hydrogen-bond donors (Lipinski definition) is 2. The molecule has 1 amide bonds. The minimum atomic E-state index is -0.489. The average Bonchev–Trinajstić information content (AvgIpc) is 2.76. The van der Waals surface area contributed by atoms with Crippen LogP contribution in [0.4, 0.5) is 15.8 Å². The number of amides is 1. The number of anilines is 2. The van der Waals surface area contributed by atoms with Crippen LogP contribution >= 0.6 is 15.9 Å². The highest BCUT2D eigenvalue weighted by atomic mass is 79.9. The minimum absolute atomic E-state index is 0.0837. The molecule has 0 bridgehead atoms. The van der Waals surface area contributed by atoms with E-state index in [0.717, 1.165) is 0 Å². The van der Waals surface area contributed by atoms with E-state index in [0.29, 0.717) is 15.9 Å². The summed E-state index contributed by atoms with van der Waals surface area (Å²) in [4.78, 5) is 12.2. The largest absolute Gasteiger partial charge is 0.397 e. The van der Waals surface area contributed by atoms with Crippen LogP contribution in [0.1, 0.15) is 30.4 Å². The predicted octanol–water partition coefficient (Wildman–Crippen LogP) is 3.81. The number of nitrogen functional groups attached to an aromatic ring is 1. The molecule has 0 radical (unpaired) electrons. The first-order chi connectivity index (χ1) is 9.38. The zero-order valence-electron chi connectivity index (χ0n) is 11.2. The second kappa shape index (κ2) is 5.66. The molecule has 0 unspecified atom stereocenters. The molecule has 0 fully saturated rings. The van der Waals surface area contributed by atoms with E-state index in [1.165, 1.54) is 12.1 Å². The molecule has 2 aromatic rings. The van der Waals surface area contributed by atoms with Crippen LogP contribution in [-0.2, 0) is 0 Å². The second-order valence-electron chi connectivity index (χ2n) is 4.74. The summed E-state index contributed by atoms with van der Waals surface area (Å²) in [5, 5.41) is 2.56. The lowest BCUT2D eigenvalue weighted by atomic mass is 10.3. The number of nitrogens with one attached hydrogen (secondary N) is 1. The molecule has 106 valence electrons. The van der Waals surface area contributed by atoms with Gasteiger partial charge in [-0.25, -0.2) is 4.39 Å². The van der Waals surface area contributed by atoms with E-state index in [2.05, 4.69) is 21.2 Å². The van der Waals surface area contributed by atoms with E-state index >= 15 is 0 Å². The van der Waals surface area contributed by atoms with E-state index in [4.69, 9.17) is 5.73 Å². The van der Waals surface area contributed by atoms with Crippen molar-refractivity contribution < 1.29 is 9.18 Å². The van der Waals surface area contributed by atoms with Crippen molar-refractivity contribution in [1.82, 2.24) is 4.57 Å². The third kappa shape index (κ3) is 3.01. The number of halogens is 2. The summed E-state index contributed by atoms with van der Waals surface area (Å²) in [6.45, 7) is 3.88. The lowest BCUT2D eigenvalue weighted by molar-refractivity contribution is 0.101. The van der Waals surface area contributed by atoms with Gasteiger partial charge in [-0.1, -0.05) is 15.9 Å². The maximum atomic E-state index is 13.6. The summed E-state index contributed by atoms with van der Waals surface area (Å²) in [7, 11) is 0. The first-order valence-corrected chi connectivity index (χ1v) is 6.91. The van der Waals surface area contributed by atoms with Crippen LogP contribution in [0, 0.1) is 5.82 Å². The third-order valence-electron chi connectivity index (χ3n) is 2.84. The monoisotopic (exact) mass is 339 g/mol. The summed E-state index contributed by atoms with van der Waals surface area (Å²) < 4.78 is 16.1. The molecule has 1 heterocycles. The van der Waals surface area contributed by atoms with Crippen molar-refractivity contribution in [2.45, 2.75) is 19.9 Å². The molecule has 2 rings (SSSR count). The summed E-state index contributed by atoms with van der Waals surface area (Å²) in [5.74, 6) is -0.885. The maximum Gasteiger partial charge on any atom is 0.272 e. The molecule has 1 aromatic carbocycles. The standard InChI is InChI=1S/C14H15BrFN3O/c1-8(2)19-7-10(17)6-13(19)14(20)18-12-5-9(15)3-4-11(12)16/h3-8H,17H2,1-2H3,(H,18,20). The summed E-state index contributed by atoms with van der Waals surface area (Å²) >= 11 is 3.24. The Bertz CT molecular complexity index is 652. The molecule has 1 aromatic heterocycles. The molecule has 0 aliphatic heterocycles. The molecule has 0 atom stereocenters. The minimum Gasteiger partial charge on any atom is -0.397 e. The lowest BCUT2D eigenvalue weighted by Crippen LogP contribution is -2.18. The Balaban J connectivity index is 2.31. The quantitative estimate of drug-likeness (QED) is 0.893. The van der Waals surface area contributed by atoms with Crippen LogP contribution in [0.15, 0.2) is 34.9 Å². The highest BCUT2D eigenvalue weighted by molar-refractivity contribution is 9.10. The van der Waals surface area contributed by atoms with Gasteiger partial charge in [-0.3, -0.25) is 4.79 Å². The molecule has 0 spiro atoms. The Hall–Kier alpha value is -1.82. The van der Waals surface area contributed by atoms with Crippen LogP contribution in [-0.4, -0.2) is 10.5 Å². The van der Waals surface area contributed by atoms with Crippen molar-refractivity contribution in [3.8, 4) is 0 Å². The van der Waals surface area contributed by atoms with E-state index in [9.17, 15) is 9.18 Å². The summed E-state index contributed by atoms with van der Waals surface area (Å²) in [6.07, 6.45) is 1.69. The Morgan fingerprint density at radius 3 is 2.75 bits per heavy atom. The average molecular weight is 340 g/mol. The van der Waals surface area contributed by atoms with Gasteiger partial charge in [0, 0.05) is 16.7 Å². The van der Waals surface area contributed by atoms with Crippen molar-refractivity contribution in [2.75, 3.05) is 11.1 Å². The van der Waals surface area contributed by atoms with Crippen LogP contribution < -0.4 is 11.1 Å². The van der Waals surface area contributed by atoms with Gasteiger partial charge in [0.1, 0.15) is 11.5 Å². The first-order valence-electron chi connectivity index (χ1n) is 6.12. The van der Waals surface area contributed by atoms with Crippen molar-refractivity contribution in [3.05, 3.63) is 46.4 Å². The number of rotatable bonds is 3. The van der Waals surface area contributed by atoms with Crippen molar-refractivity contribution >= 4 is 33.2 Å². The number of nitrogens with zero attached hydrogens (tertiary/aromatic N) is 1. The molecule has 4 nitrogen and oxygen atoms in total. The van der Waals surface area contributed by atoms with Gasteiger partial charge in [-0.05, 0) is 38.1 Å². The Morgan fingerprint density at radius 2 is 2.10 bits per heavy atom. The normalized spacial score (nSPS) is 10.8. The van der Waals surface area contributed by atoms with Crippen LogP contribution in [0.2, 0.25) is 0 Å². The molecule has 0 aliphatic carbocycles. The highest BCUT2D eigenvalue weighted by Gasteiger charge is 2.16. The van der Waals surface area contributed by atoms with Crippen molar-refractivity contribution in [1.29, 1.82) is 0 Å². The van der Waals surface area contributed by atoms with Crippen LogP contribution in [0.3, 0.4) is 0 Å². The summed E-state index contributed by atoms with van der Waals surface area (Å²) in [6, 6.07) is 6.03. The number of benzene rings is 1. The van der Waals surface area contributed by atoms with Gasteiger partial charge in [0.2, 0.25) is 0 Å². The van der Waals surface area contributed by atoms with Gasteiger partial charge in [0.05, 0.1) is 11.4 Å². The Labute approximate surface area is 124 Å². The Kier molecular flexibility index (Phi) is 4.13. The number of nitrogens with two attached hydrogens (primary N) is 1. The van der Waals surface area contributed by atoms with E-state index in [1.54, 1.807) is 22.9 Å². The molecular formula is C14H15BrFN3O. The molecule has 0 saturated heterocycles. The zero-order chi connectivity index (χ0) is 14.9. The zero-order valence-corrected chi connectivity index (χ0v) is 12.7. The maximum absolute atomic E-state index is 13.6. The van der Waals surface area contributed by atoms with E-state index < -0.39 is 11.7 Å². The van der Waals surface area contributed by atoms with Gasteiger partial charge in [-0.15, -0.1) is 0 Å². The van der Waals surface area contributed by atoms with Gasteiger partial charge in [-0.2, -0.15) is 0 Å². The fourth-order valence-corrected chi connectivity index (χ4v) is 2.25. The van der Waals surface area contributed by atoms with Gasteiger partial charge >= 0.3 is 0 Å². The van der Waals surface area contributed by atoms with Crippen molar-refractivity contribution in [3.63, 3.8) is 0 Å². The molecule has 0 saturated carbocycles. The number of carbonyl (C=O) groups is 1. The highest BCUT2D eigenvalue weighted by Crippen LogP contribution is 2.22. The number of hydrogen-bond acceptors (Lipinski definition) is 2. The second-order valence-corrected chi connectivity index (χ2v) is 5.65. The topological polar surface area (TPSA) is 60.0 Å². The molecular weight excluding hydrogens is 325 g/mol. The summed E-state index contributed by atoms with van der Waals surface area (Å²) in [5.41, 5.74) is 6.74. The van der Waals surface area contributed by atoms with Gasteiger partial charge < -0.3 is 15.6 Å². The molecule has 6 heteroatoms. The van der Waals surface area contributed by atoms with E-state index in [-0.39, 0.29) is 11.7 Å². The predicted molar refractivity (Wildman–Crippen MR) is 81.3 cm³/mol. The SMILES string of the molecule is CC(C)n1cc(N)cc1C(=O)Nc1cc(Br)ccc1F. The molecule has 3 N–H and O–H groups in total. The fourth-order valence-electron chi connectivity index (χ4n) is 1.89. The van der Waals surface area contributed by atoms with Crippen molar-refractivity contribution in [2.24, 2.45) is 0 Å². The number of carbonyl (C=O) groups excluding carboxylic acids is 1. The third-order valence-corrected chi connectivity index (χ3v) is 3.33. The first kappa shape index (κ1) is 14.6. The van der Waals surface area contributed by atoms with Gasteiger partial charge in [0.25, 0.3) is 5.91 Å². The molecule has 20 heavy (non-hydrogen) atoms. The lowest BCUT2D eigenvalue weighted by Gasteiger charge is -2.13.